The highest BCUT2D eigenvalue weighted by Gasteiger charge is 2.43. The second-order valence-electron chi connectivity index (χ2n) is 3.95. The molecule has 2 aliphatic heterocycles. The topological polar surface area (TPSA) is 49.9 Å². The second kappa shape index (κ2) is 3.33. The lowest BCUT2D eigenvalue weighted by Crippen LogP contribution is -2.33. The lowest BCUT2D eigenvalue weighted by molar-refractivity contribution is -0.114. The Kier molecular flexibility index (Phi) is 2.03. The normalized spacial score (nSPS) is 22.0. The predicted octanol–water partition coefficient (Wildman–Crippen LogP) is 0.893. The second-order valence-corrected chi connectivity index (χ2v) is 3.95. The average molecular weight is 239 g/mol. The van der Waals surface area contributed by atoms with E-state index in [1.165, 1.54) is 0 Å². The summed E-state index contributed by atoms with van der Waals surface area (Å²) in [5.41, 5.74) is -0.744. The molecule has 0 radical (unpaired) electrons. The van der Waals surface area contributed by atoms with E-state index >= 15 is 0 Å². The van der Waals surface area contributed by atoms with Crippen LogP contribution in [0.25, 0.3) is 0 Å². The van der Waals surface area contributed by atoms with Gasteiger partial charge in [-0.3, -0.25) is 14.5 Å². The van der Waals surface area contributed by atoms with Crippen LogP contribution in [0.3, 0.4) is 0 Å². The number of Topliss-reactive ketones (excluding diaryl/α,β-unsaturated/α-hetero) is 1. The summed E-state index contributed by atoms with van der Waals surface area (Å²) >= 11 is 0. The van der Waals surface area contributed by atoms with Gasteiger partial charge in [-0.2, -0.15) is 0 Å². The number of epoxide rings is 1. The fraction of sp³-hybridized carbons (Fsp3) is 0.273. The molecule has 1 fully saturated rings. The largest absolute Gasteiger partial charge is 0.371 e. The smallest absolute Gasteiger partial charge is 0.299 e. The Morgan fingerprint density at radius 2 is 1.94 bits per heavy atom. The molecule has 0 spiro atoms. The summed E-state index contributed by atoms with van der Waals surface area (Å²) in [4.78, 5) is 24.1. The van der Waals surface area contributed by atoms with E-state index in [1.807, 2.05) is 0 Å². The third kappa shape index (κ3) is 1.44. The highest BCUT2D eigenvalue weighted by atomic mass is 19.1. The molecule has 0 aromatic heterocycles. The SMILES string of the molecule is O=C1C(=O)N(CC2CO2)c2c(F)ccc(F)c21. The number of hydrogen-bond acceptors (Lipinski definition) is 3. The molecular formula is C11H7F2NO3. The summed E-state index contributed by atoms with van der Waals surface area (Å²) in [6.45, 7) is 0.544. The molecule has 1 atom stereocenters. The number of ketones is 1. The van der Waals surface area contributed by atoms with Crippen molar-refractivity contribution >= 4 is 17.4 Å². The molecule has 0 N–H and O–H groups in total. The third-order valence-electron chi connectivity index (χ3n) is 2.80. The third-order valence-corrected chi connectivity index (χ3v) is 2.80. The van der Waals surface area contributed by atoms with Gasteiger partial charge in [0.15, 0.2) is 0 Å². The highest BCUT2D eigenvalue weighted by molar-refractivity contribution is 6.52. The van der Waals surface area contributed by atoms with Crippen LogP contribution >= 0.6 is 0 Å². The number of anilines is 1. The van der Waals surface area contributed by atoms with Gasteiger partial charge in [0, 0.05) is 0 Å². The minimum absolute atomic E-state index is 0.0813. The van der Waals surface area contributed by atoms with Gasteiger partial charge < -0.3 is 4.74 Å². The molecule has 4 nitrogen and oxygen atoms in total. The zero-order valence-electron chi connectivity index (χ0n) is 8.57. The standard InChI is InChI=1S/C11H7F2NO3/c12-6-1-2-7(13)9-8(6)10(15)11(16)14(9)3-5-4-17-5/h1-2,5H,3-4H2. The predicted molar refractivity (Wildman–Crippen MR) is 52.8 cm³/mol. The van der Waals surface area contributed by atoms with E-state index in [-0.39, 0.29) is 18.3 Å². The number of carbonyl (C=O) groups excluding carboxylic acids is 2. The summed E-state index contributed by atoms with van der Waals surface area (Å²) < 4.78 is 31.9. The number of halogens is 2. The Labute approximate surface area is 94.8 Å². The number of fused-ring (bicyclic) bond motifs is 1. The first kappa shape index (κ1) is 10.3. The van der Waals surface area contributed by atoms with Gasteiger partial charge in [0.1, 0.15) is 11.6 Å². The molecule has 0 aliphatic carbocycles. The first-order valence-electron chi connectivity index (χ1n) is 5.05. The maximum absolute atomic E-state index is 13.6. The Balaban J connectivity index is 2.13. The maximum atomic E-state index is 13.6. The molecular weight excluding hydrogens is 232 g/mol. The number of benzene rings is 1. The van der Waals surface area contributed by atoms with Crippen LogP contribution in [0.5, 0.6) is 0 Å². The van der Waals surface area contributed by atoms with Gasteiger partial charge >= 0.3 is 0 Å². The van der Waals surface area contributed by atoms with Crippen molar-refractivity contribution in [3.8, 4) is 0 Å². The van der Waals surface area contributed by atoms with Crippen LogP contribution in [-0.4, -0.2) is 30.9 Å². The van der Waals surface area contributed by atoms with Crippen LogP contribution < -0.4 is 4.90 Å². The van der Waals surface area contributed by atoms with Crippen LogP contribution in [0.2, 0.25) is 0 Å². The van der Waals surface area contributed by atoms with Crippen LogP contribution in [0.1, 0.15) is 10.4 Å². The van der Waals surface area contributed by atoms with Gasteiger partial charge in [-0.1, -0.05) is 0 Å². The molecule has 88 valence electrons. The van der Waals surface area contributed by atoms with Crippen molar-refractivity contribution in [1.82, 2.24) is 0 Å². The Bertz CT molecular complexity index is 540. The van der Waals surface area contributed by atoms with Crippen molar-refractivity contribution in [3.05, 3.63) is 29.3 Å². The van der Waals surface area contributed by atoms with Gasteiger partial charge in [-0.05, 0) is 12.1 Å². The molecule has 1 aromatic carbocycles. The van der Waals surface area contributed by atoms with Crippen molar-refractivity contribution in [2.75, 3.05) is 18.1 Å². The zero-order valence-corrected chi connectivity index (χ0v) is 8.57. The van der Waals surface area contributed by atoms with E-state index < -0.39 is 28.9 Å². The van der Waals surface area contributed by atoms with Crippen molar-refractivity contribution in [1.29, 1.82) is 0 Å². The first-order valence-corrected chi connectivity index (χ1v) is 5.05. The van der Waals surface area contributed by atoms with E-state index in [0.717, 1.165) is 17.0 Å². The number of carbonyl (C=O) groups is 2. The van der Waals surface area contributed by atoms with E-state index in [2.05, 4.69) is 0 Å². The Hall–Kier alpha value is -1.82. The Morgan fingerprint density at radius 3 is 2.59 bits per heavy atom. The van der Waals surface area contributed by atoms with Gasteiger partial charge in [-0.25, -0.2) is 8.78 Å². The molecule has 0 saturated carbocycles. The molecule has 1 amide bonds. The fourth-order valence-corrected chi connectivity index (χ4v) is 1.90. The molecule has 1 aromatic rings. The fourth-order valence-electron chi connectivity index (χ4n) is 1.90. The average Bonchev–Trinajstić information content (AvgIpc) is 3.07. The summed E-state index contributed by atoms with van der Waals surface area (Å²) in [6.07, 6.45) is -0.194. The molecule has 1 saturated heterocycles. The lowest BCUT2D eigenvalue weighted by atomic mass is 10.1. The van der Waals surface area contributed by atoms with Crippen LogP contribution in [0.4, 0.5) is 14.5 Å². The summed E-state index contributed by atoms with van der Waals surface area (Å²) in [5.74, 6) is -3.56. The first-order chi connectivity index (χ1) is 8.09. The molecule has 2 aliphatic rings. The minimum Gasteiger partial charge on any atom is -0.371 e. The summed E-state index contributed by atoms with van der Waals surface area (Å²) in [6, 6.07) is 1.75. The summed E-state index contributed by atoms with van der Waals surface area (Å²) in [7, 11) is 0. The molecule has 17 heavy (non-hydrogen) atoms. The number of rotatable bonds is 2. The van der Waals surface area contributed by atoms with E-state index in [4.69, 9.17) is 4.74 Å². The zero-order chi connectivity index (χ0) is 12.2. The highest BCUT2D eigenvalue weighted by Crippen LogP contribution is 2.34. The van der Waals surface area contributed by atoms with Crippen molar-refractivity contribution < 1.29 is 23.1 Å². The minimum atomic E-state index is -1.00. The monoisotopic (exact) mass is 239 g/mol. The van der Waals surface area contributed by atoms with Crippen molar-refractivity contribution in [2.45, 2.75) is 6.10 Å². The lowest BCUT2D eigenvalue weighted by Gasteiger charge is -2.15. The van der Waals surface area contributed by atoms with Crippen LogP contribution in [0.15, 0.2) is 12.1 Å². The molecule has 1 unspecified atom stereocenters. The van der Waals surface area contributed by atoms with Gasteiger partial charge in [0.25, 0.3) is 11.7 Å². The number of hydrogen-bond donors (Lipinski definition) is 0. The van der Waals surface area contributed by atoms with Gasteiger partial charge in [-0.15, -0.1) is 0 Å². The van der Waals surface area contributed by atoms with E-state index in [9.17, 15) is 18.4 Å². The van der Waals surface area contributed by atoms with Gasteiger partial charge in [0.05, 0.1) is 30.5 Å². The molecule has 0 bridgehead atoms. The molecule has 6 heteroatoms. The van der Waals surface area contributed by atoms with E-state index in [0.29, 0.717) is 6.61 Å². The quantitative estimate of drug-likeness (QED) is 0.569. The molecule has 2 heterocycles. The van der Waals surface area contributed by atoms with Crippen LogP contribution in [-0.2, 0) is 9.53 Å². The number of ether oxygens (including phenoxy) is 1. The van der Waals surface area contributed by atoms with Crippen LogP contribution in [0, 0.1) is 11.6 Å². The van der Waals surface area contributed by atoms with Crippen molar-refractivity contribution in [3.63, 3.8) is 0 Å². The number of nitrogens with zero attached hydrogens (tertiary/aromatic N) is 1. The summed E-state index contributed by atoms with van der Waals surface area (Å²) in [5, 5.41) is 0. The molecule has 3 rings (SSSR count). The maximum Gasteiger partial charge on any atom is 0.299 e. The van der Waals surface area contributed by atoms with Gasteiger partial charge in [0.2, 0.25) is 0 Å². The number of amides is 1. The van der Waals surface area contributed by atoms with E-state index in [1.54, 1.807) is 0 Å². The van der Waals surface area contributed by atoms with Crippen molar-refractivity contribution in [2.24, 2.45) is 0 Å². The Morgan fingerprint density at radius 1 is 1.29 bits per heavy atom.